The lowest BCUT2D eigenvalue weighted by Gasteiger charge is -2.19. The van der Waals surface area contributed by atoms with Crippen molar-refractivity contribution in [3.63, 3.8) is 0 Å². The third-order valence-corrected chi connectivity index (χ3v) is 4.29. The fourth-order valence-electron chi connectivity index (χ4n) is 2.86. The van der Waals surface area contributed by atoms with Gasteiger partial charge in [-0.15, -0.1) is 0 Å². The molecule has 2 nitrogen and oxygen atoms in total. The molecule has 0 amide bonds. The second-order valence-electron chi connectivity index (χ2n) is 5.68. The van der Waals surface area contributed by atoms with Crippen LogP contribution in [0.5, 0.6) is 0 Å². The summed E-state index contributed by atoms with van der Waals surface area (Å²) in [5.74, 6) is 0. The highest BCUT2D eigenvalue weighted by Crippen LogP contribution is 2.26. The van der Waals surface area contributed by atoms with Crippen molar-refractivity contribution in [1.29, 1.82) is 0 Å². The first kappa shape index (κ1) is 14.3. The van der Waals surface area contributed by atoms with Crippen molar-refractivity contribution in [1.82, 2.24) is 0 Å². The highest BCUT2D eigenvalue weighted by molar-refractivity contribution is 6.30. The third-order valence-electron chi connectivity index (χ3n) is 4.05. The summed E-state index contributed by atoms with van der Waals surface area (Å²) in [5.41, 5.74) is 5.03. The molecule has 1 fully saturated rings. The number of halogens is 1. The molecule has 110 valence electrons. The van der Waals surface area contributed by atoms with Crippen LogP contribution in [0, 0.1) is 6.92 Å². The maximum Gasteiger partial charge on any atom is 0.0409 e. The predicted octanol–water partition coefficient (Wildman–Crippen LogP) is 4.86. The van der Waals surface area contributed by atoms with Gasteiger partial charge in [0.1, 0.15) is 0 Å². The summed E-state index contributed by atoms with van der Waals surface area (Å²) in [6, 6.07) is 14.7. The van der Waals surface area contributed by atoms with E-state index in [0.717, 1.165) is 11.6 Å². The molecule has 1 aliphatic heterocycles. The van der Waals surface area contributed by atoms with Crippen molar-refractivity contribution in [3.05, 3.63) is 58.6 Å². The van der Waals surface area contributed by atoms with Gasteiger partial charge in [-0.3, -0.25) is 0 Å². The highest BCUT2D eigenvalue weighted by Gasteiger charge is 2.12. The van der Waals surface area contributed by atoms with E-state index in [9.17, 15) is 0 Å². The van der Waals surface area contributed by atoms with E-state index in [1.165, 1.54) is 48.4 Å². The SMILES string of the molecule is Cc1cc(N2CCCC2)ccc1NCc1cccc(Cl)c1. The molecular weight excluding hydrogens is 280 g/mol. The van der Waals surface area contributed by atoms with Gasteiger partial charge in [0.25, 0.3) is 0 Å². The Morgan fingerprint density at radius 2 is 1.90 bits per heavy atom. The van der Waals surface area contributed by atoms with Crippen LogP contribution < -0.4 is 10.2 Å². The van der Waals surface area contributed by atoms with Gasteiger partial charge >= 0.3 is 0 Å². The molecule has 3 heteroatoms. The Labute approximate surface area is 131 Å². The van der Waals surface area contributed by atoms with Crippen LogP contribution in [0.3, 0.4) is 0 Å². The highest BCUT2D eigenvalue weighted by atomic mass is 35.5. The van der Waals surface area contributed by atoms with Crippen LogP contribution in [0.2, 0.25) is 5.02 Å². The molecule has 1 N–H and O–H groups in total. The predicted molar refractivity (Wildman–Crippen MR) is 91.4 cm³/mol. The van der Waals surface area contributed by atoms with E-state index in [2.05, 4.69) is 41.4 Å². The van der Waals surface area contributed by atoms with Crippen molar-refractivity contribution >= 4 is 23.0 Å². The molecule has 0 saturated carbocycles. The van der Waals surface area contributed by atoms with E-state index < -0.39 is 0 Å². The average molecular weight is 301 g/mol. The Morgan fingerprint density at radius 1 is 1.10 bits per heavy atom. The summed E-state index contributed by atoms with van der Waals surface area (Å²) in [5, 5.41) is 4.28. The normalized spacial score (nSPS) is 14.5. The number of nitrogens with zero attached hydrogens (tertiary/aromatic N) is 1. The molecular formula is C18H21ClN2. The molecule has 1 saturated heterocycles. The van der Waals surface area contributed by atoms with Crippen LogP contribution in [0.1, 0.15) is 24.0 Å². The van der Waals surface area contributed by atoms with E-state index in [1.54, 1.807) is 0 Å². The number of nitrogens with one attached hydrogen (secondary N) is 1. The van der Waals surface area contributed by atoms with Crippen LogP contribution in [0.15, 0.2) is 42.5 Å². The van der Waals surface area contributed by atoms with Gasteiger partial charge in [-0.1, -0.05) is 23.7 Å². The smallest absolute Gasteiger partial charge is 0.0409 e. The Bertz CT molecular complexity index is 618. The lowest BCUT2D eigenvalue weighted by molar-refractivity contribution is 0.949. The molecule has 0 radical (unpaired) electrons. The zero-order chi connectivity index (χ0) is 14.7. The zero-order valence-electron chi connectivity index (χ0n) is 12.4. The summed E-state index contributed by atoms with van der Waals surface area (Å²) in [7, 11) is 0. The van der Waals surface area contributed by atoms with Crippen molar-refractivity contribution in [3.8, 4) is 0 Å². The van der Waals surface area contributed by atoms with Gasteiger partial charge in [-0.05, 0) is 61.2 Å². The van der Waals surface area contributed by atoms with Gasteiger partial charge in [0.05, 0.1) is 0 Å². The maximum atomic E-state index is 6.02. The summed E-state index contributed by atoms with van der Waals surface area (Å²) < 4.78 is 0. The molecule has 2 aromatic rings. The van der Waals surface area contributed by atoms with E-state index in [0.29, 0.717) is 0 Å². The van der Waals surface area contributed by atoms with Gasteiger partial charge in [-0.2, -0.15) is 0 Å². The number of rotatable bonds is 4. The molecule has 0 bridgehead atoms. The molecule has 0 aromatic heterocycles. The van der Waals surface area contributed by atoms with Crippen molar-refractivity contribution < 1.29 is 0 Å². The van der Waals surface area contributed by atoms with Crippen molar-refractivity contribution in [2.75, 3.05) is 23.3 Å². The first-order valence-electron chi connectivity index (χ1n) is 7.56. The minimum atomic E-state index is 0.787. The molecule has 3 rings (SSSR count). The first-order chi connectivity index (χ1) is 10.2. The Kier molecular flexibility index (Phi) is 4.35. The van der Waals surface area contributed by atoms with E-state index >= 15 is 0 Å². The minimum absolute atomic E-state index is 0.787. The molecule has 2 aromatic carbocycles. The van der Waals surface area contributed by atoms with Gasteiger partial charge in [-0.25, -0.2) is 0 Å². The number of aryl methyl sites for hydroxylation is 1. The third kappa shape index (κ3) is 3.51. The first-order valence-corrected chi connectivity index (χ1v) is 7.94. The van der Waals surface area contributed by atoms with E-state index in [-0.39, 0.29) is 0 Å². The second kappa shape index (κ2) is 6.40. The zero-order valence-corrected chi connectivity index (χ0v) is 13.2. The molecule has 0 aliphatic carbocycles. The van der Waals surface area contributed by atoms with Gasteiger partial charge < -0.3 is 10.2 Å². The van der Waals surface area contributed by atoms with Gasteiger partial charge in [0.15, 0.2) is 0 Å². The summed E-state index contributed by atoms with van der Waals surface area (Å²) >= 11 is 6.02. The van der Waals surface area contributed by atoms with Crippen LogP contribution in [-0.2, 0) is 6.54 Å². The van der Waals surface area contributed by atoms with Gasteiger partial charge in [0.2, 0.25) is 0 Å². The Balaban J connectivity index is 1.68. The molecule has 21 heavy (non-hydrogen) atoms. The lowest BCUT2D eigenvalue weighted by Crippen LogP contribution is -2.17. The number of benzene rings is 2. The van der Waals surface area contributed by atoms with Crippen molar-refractivity contribution in [2.45, 2.75) is 26.3 Å². The van der Waals surface area contributed by atoms with Crippen LogP contribution in [0.25, 0.3) is 0 Å². The summed E-state index contributed by atoms with van der Waals surface area (Å²) in [6.45, 7) is 5.34. The van der Waals surface area contributed by atoms with Crippen molar-refractivity contribution in [2.24, 2.45) is 0 Å². The fraction of sp³-hybridized carbons (Fsp3) is 0.333. The monoisotopic (exact) mass is 300 g/mol. The minimum Gasteiger partial charge on any atom is -0.381 e. The van der Waals surface area contributed by atoms with Crippen LogP contribution >= 0.6 is 11.6 Å². The molecule has 0 spiro atoms. The number of anilines is 2. The standard InChI is InChI=1S/C18H21ClN2/c1-14-11-17(21-9-2-3-10-21)7-8-18(14)20-13-15-5-4-6-16(19)12-15/h4-8,11-12,20H,2-3,9-10,13H2,1H3. The largest absolute Gasteiger partial charge is 0.381 e. The quantitative estimate of drug-likeness (QED) is 0.867. The average Bonchev–Trinajstić information content (AvgIpc) is 3.00. The lowest BCUT2D eigenvalue weighted by atomic mass is 10.1. The summed E-state index contributed by atoms with van der Waals surface area (Å²) in [4.78, 5) is 2.47. The Morgan fingerprint density at radius 3 is 2.62 bits per heavy atom. The second-order valence-corrected chi connectivity index (χ2v) is 6.11. The van der Waals surface area contributed by atoms with Gasteiger partial charge in [0, 0.05) is 36.0 Å². The number of hydrogen-bond donors (Lipinski definition) is 1. The Hall–Kier alpha value is -1.67. The van der Waals surface area contributed by atoms with Crippen LogP contribution in [0.4, 0.5) is 11.4 Å². The van der Waals surface area contributed by atoms with E-state index in [4.69, 9.17) is 11.6 Å². The molecule has 1 aliphatic rings. The maximum absolute atomic E-state index is 6.02. The fourth-order valence-corrected chi connectivity index (χ4v) is 3.08. The number of hydrogen-bond acceptors (Lipinski definition) is 2. The molecule has 0 unspecified atom stereocenters. The van der Waals surface area contributed by atoms with E-state index in [1.807, 2.05) is 18.2 Å². The topological polar surface area (TPSA) is 15.3 Å². The summed E-state index contributed by atoms with van der Waals surface area (Å²) in [6.07, 6.45) is 2.63. The molecule has 0 atom stereocenters. The molecule has 1 heterocycles. The van der Waals surface area contributed by atoms with Crippen LogP contribution in [-0.4, -0.2) is 13.1 Å².